The van der Waals surface area contributed by atoms with Gasteiger partial charge in [0.25, 0.3) is 15.0 Å². The van der Waals surface area contributed by atoms with E-state index in [1.807, 2.05) is 0 Å². The van der Waals surface area contributed by atoms with Crippen molar-refractivity contribution in [3.8, 4) is 0 Å². The molecule has 1 aromatic carbocycles. The highest BCUT2D eigenvalue weighted by Crippen LogP contribution is 2.23. The van der Waals surface area contributed by atoms with Gasteiger partial charge in [-0.15, -0.1) is 0 Å². The molecule has 0 radical (unpaired) electrons. The Morgan fingerprint density at radius 2 is 1.89 bits per heavy atom. The summed E-state index contributed by atoms with van der Waals surface area (Å²) in [5, 5.41) is 2.32. The average molecular weight is 298 g/mol. The fourth-order valence-electron chi connectivity index (χ4n) is 1.25. The van der Waals surface area contributed by atoms with Crippen molar-refractivity contribution in [2.24, 2.45) is 0 Å². The van der Waals surface area contributed by atoms with Gasteiger partial charge in [0.2, 0.25) is 0 Å². The van der Waals surface area contributed by atoms with Crippen LogP contribution in [-0.4, -0.2) is 20.4 Å². The SMILES string of the molecule is CC(C)NC(=O)c1cc(F)cc(S(=O)(=O)Cl)c1F. The van der Waals surface area contributed by atoms with Crippen LogP contribution in [0.5, 0.6) is 0 Å². The summed E-state index contributed by atoms with van der Waals surface area (Å²) < 4.78 is 49.0. The number of carbonyl (C=O) groups excluding carboxylic acids is 1. The molecule has 1 rings (SSSR count). The van der Waals surface area contributed by atoms with Gasteiger partial charge in [0.05, 0.1) is 5.56 Å². The van der Waals surface area contributed by atoms with Gasteiger partial charge in [0, 0.05) is 16.7 Å². The quantitative estimate of drug-likeness (QED) is 0.868. The molecule has 1 aromatic rings. The molecule has 0 aliphatic carbocycles. The first-order valence-electron chi connectivity index (χ1n) is 4.87. The maximum Gasteiger partial charge on any atom is 0.264 e. The number of amides is 1. The predicted molar refractivity (Wildman–Crippen MR) is 62.0 cm³/mol. The Morgan fingerprint density at radius 3 is 2.33 bits per heavy atom. The van der Waals surface area contributed by atoms with Gasteiger partial charge in [-0.25, -0.2) is 17.2 Å². The van der Waals surface area contributed by atoms with E-state index >= 15 is 0 Å². The summed E-state index contributed by atoms with van der Waals surface area (Å²) in [6.45, 7) is 3.24. The summed E-state index contributed by atoms with van der Waals surface area (Å²) in [6.07, 6.45) is 0. The molecule has 1 amide bonds. The molecule has 0 saturated carbocycles. The average Bonchev–Trinajstić information content (AvgIpc) is 2.18. The molecule has 18 heavy (non-hydrogen) atoms. The fourth-order valence-corrected chi connectivity index (χ4v) is 2.16. The second-order valence-corrected chi connectivity index (χ2v) is 6.37. The molecule has 0 atom stereocenters. The lowest BCUT2D eigenvalue weighted by molar-refractivity contribution is 0.0938. The largest absolute Gasteiger partial charge is 0.350 e. The normalized spacial score (nSPS) is 11.7. The fraction of sp³-hybridized carbons (Fsp3) is 0.300. The molecule has 1 N–H and O–H groups in total. The Hall–Kier alpha value is -1.21. The molecular formula is C10H10ClF2NO3S. The van der Waals surface area contributed by atoms with Crippen LogP contribution in [-0.2, 0) is 9.05 Å². The third kappa shape index (κ3) is 3.39. The van der Waals surface area contributed by atoms with Crippen molar-refractivity contribution in [2.45, 2.75) is 24.8 Å². The molecule has 0 spiro atoms. The van der Waals surface area contributed by atoms with Crippen LogP contribution in [0.25, 0.3) is 0 Å². The van der Waals surface area contributed by atoms with Crippen molar-refractivity contribution in [1.82, 2.24) is 5.32 Å². The van der Waals surface area contributed by atoms with Crippen LogP contribution in [0.2, 0.25) is 0 Å². The lowest BCUT2D eigenvalue weighted by Gasteiger charge is -2.10. The Bertz CT molecular complexity index is 587. The number of carbonyl (C=O) groups is 1. The van der Waals surface area contributed by atoms with E-state index < -0.39 is 37.1 Å². The molecule has 4 nitrogen and oxygen atoms in total. The molecule has 0 aliphatic rings. The van der Waals surface area contributed by atoms with E-state index in [-0.39, 0.29) is 6.04 Å². The lowest BCUT2D eigenvalue weighted by atomic mass is 10.2. The molecule has 0 heterocycles. The highest BCUT2D eigenvalue weighted by atomic mass is 35.7. The van der Waals surface area contributed by atoms with Crippen LogP contribution >= 0.6 is 10.7 Å². The smallest absolute Gasteiger partial charge is 0.264 e. The van der Waals surface area contributed by atoms with Gasteiger partial charge in [-0.2, -0.15) is 0 Å². The van der Waals surface area contributed by atoms with Crippen molar-refractivity contribution >= 4 is 25.6 Å². The first-order valence-corrected chi connectivity index (χ1v) is 7.18. The van der Waals surface area contributed by atoms with E-state index in [4.69, 9.17) is 10.7 Å². The van der Waals surface area contributed by atoms with Crippen LogP contribution in [0.3, 0.4) is 0 Å². The molecule has 0 fully saturated rings. The summed E-state index contributed by atoms with van der Waals surface area (Å²) >= 11 is 0. The van der Waals surface area contributed by atoms with Crippen LogP contribution in [0, 0.1) is 11.6 Å². The van der Waals surface area contributed by atoms with Crippen molar-refractivity contribution in [3.63, 3.8) is 0 Å². The minimum Gasteiger partial charge on any atom is -0.350 e. The zero-order chi connectivity index (χ0) is 14.1. The van der Waals surface area contributed by atoms with Crippen molar-refractivity contribution < 1.29 is 22.0 Å². The van der Waals surface area contributed by atoms with E-state index in [1.165, 1.54) is 0 Å². The predicted octanol–water partition coefficient (Wildman–Crippen LogP) is 2.03. The minimum absolute atomic E-state index is 0.309. The van der Waals surface area contributed by atoms with Gasteiger partial charge >= 0.3 is 0 Å². The van der Waals surface area contributed by atoms with Gasteiger partial charge in [0.1, 0.15) is 10.7 Å². The number of nitrogens with one attached hydrogen (secondary N) is 1. The molecule has 100 valence electrons. The Labute approximate surface area is 107 Å². The van der Waals surface area contributed by atoms with Crippen LogP contribution in [0.4, 0.5) is 8.78 Å². The van der Waals surface area contributed by atoms with Crippen molar-refractivity contribution in [1.29, 1.82) is 0 Å². The summed E-state index contributed by atoms with van der Waals surface area (Å²) in [4.78, 5) is 10.5. The number of rotatable bonds is 3. The van der Waals surface area contributed by atoms with Gasteiger partial charge in [-0.1, -0.05) is 0 Å². The van der Waals surface area contributed by atoms with E-state index in [0.717, 1.165) is 0 Å². The summed E-state index contributed by atoms with van der Waals surface area (Å²) in [6, 6.07) is 0.721. The number of hydrogen-bond donors (Lipinski definition) is 1. The monoisotopic (exact) mass is 297 g/mol. The molecule has 8 heteroatoms. The van der Waals surface area contributed by atoms with E-state index in [1.54, 1.807) is 13.8 Å². The second-order valence-electron chi connectivity index (χ2n) is 3.83. The Morgan fingerprint density at radius 1 is 1.33 bits per heavy atom. The highest BCUT2D eigenvalue weighted by molar-refractivity contribution is 8.13. The van der Waals surface area contributed by atoms with Gasteiger partial charge in [-0.05, 0) is 26.0 Å². The third-order valence-corrected chi connectivity index (χ3v) is 3.25. The Kier molecular flexibility index (Phi) is 4.28. The summed E-state index contributed by atoms with van der Waals surface area (Å²) in [5.74, 6) is -3.35. The van der Waals surface area contributed by atoms with Crippen LogP contribution < -0.4 is 5.32 Å². The minimum atomic E-state index is -4.46. The molecule has 0 aromatic heterocycles. The van der Waals surface area contributed by atoms with Gasteiger partial charge in [0.15, 0.2) is 5.82 Å². The molecule has 0 aliphatic heterocycles. The molecule has 0 saturated heterocycles. The van der Waals surface area contributed by atoms with Crippen molar-refractivity contribution in [3.05, 3.63) is 29.3 Å². The third-order valence-electron chi connectivity index (χ3n) is 1.93. The van der Waals surface area contributed by atoms with Gasteiger partial charge in [-0.3, -0.25) is 4.79 Å². The van der Waals surface area contributed by atoms with E-state index in [9.17, 15) is 22.0 Å². The first-order chi connectivity index (χ1) is 8.12. The topological polar surface area (TPSA) is 63.2 Å². The molecule has 0 unspecified atom stereocenters. The van der Waals surface area contributed by atoms with Crippen molar-refractivity contribution in [2.75, 3.05) is 0 Å². The molecule has 0 bridgehead atoms. The van der Waals surface area contributed by atoms with Crippen LogP contribution in [0.1, 0.15) is 24.2 Å². The lowest BCUT2D eigenvalue weighted by Crippen LogP contribution is -2.31. The maximum absolute atomic E-state index is 13.8. The molecular weight excluding hydrogens is 288 g/mol. The van der Waals surface area contributed by atoms with Crippen LogP contribution in [0.15, 0.2) is 17.0 Å². The summed E-state index contributed by atoms with van der Waals surface area (Å²) in [5.41, 5.74) is -0.706. The second kappa shape index (κ2) is 5.19. The van der Waals surface area contributed by atoms with Gasteiger partial charge < -0.3 is 5.32 Å². The zero-order valence-corrected chi connectivity index (χ0v) is 11.1. The summed E-state index contributed by atoms with van der Waals surface area (Å²) in [7, 11) is 0.489. The standard InChI is InChI=1S/C10H10ClF2NO3S/c1-5(2)14-10(15)7-3-6(12)4-8(9(7)13)18(11,16)17/h3-5H,1-2H3,(H,14,15). The number of halogens is 3. The zero-order valence-electron chi connectivity index (χ0n) is 9.50. The first kappa shape index (κ1) is 14.8. The van der Waals surface area contributed by atoms with E-state index in [0.29, 0.717) is 12.1 Å². The maximum atomic E-state index is 13.8. The Balaban J connectivity index is 3.39. The van der Waals surface area contributed by atoms with E-state index in [2.05, 4.69) is 5.32 Å². The number of hydrogen-bond acceptors (Lipinski definition) is 3. The highest BCUT2D eigenvalue weighted by Gasteiger charge is 2.24. The number of benzene rings is 1.